The molecule has 12 nitrogen and oxygen atoms in total. The van der Waals surface area contributed by atoms with Crippen molar-refractivity contribution in [2.75, 3.05) is 6.54 Å². The average molecular weight is 452 g/mol. The number of rotatable bonds is 13. The van der Waals surface area contributed by atoms with E-state index in [0.717, 1.165) is 0 Å². The zero-order valence-corrected chi connectivity index (χ0v) is 17.7. The van der Waals surface area contributed by atoms with Crippen LogP contribution in [-0.4, -0.2) is 74.7 Å². The molecule has 1 aromatic carbocycles. The van der Waals surface area contributed by atoms with Crippen LogP contribution in [0.25, 0.3) is 0 Å². The number of hydrogen-bond donors (Lipinski definition) is 6. The van der Waals surface area contributed by atoms with Crippen LogP contribution in [0.2, 0.25) is 0 Å². The average Bonchev–Trinajstić information content (AvgIpc) is 2.71. The van der Waals surface area contributed by atoms with E-state index in [-0.39, 0.29) is 6.42 Å². The lowest BCUT2D eigenvalue weighted by Crippen LogP contribution is -2.63. The maximum Gasteiger partial charge on any atom is 0.328 e. The first-order chi connectivity index (χ1) is 15.0. The minimum atomic E-state index is -1.64. The number of nitrogens with one attached hydrogen (secondary N) is 2. The number of nitrogens with two attached hydrogens (primary N) is 1. The summed E-state index contributed by atoms with van der Waals surface area (Å²) in [7, 11) is 0. The maximum atomic E-state index is 12.8. The number of nitrogens with zero attached hydrogens (tertiary/aromatic N) is 1. The molecule has 2 amide bonds. The maximum absolute atomic E-state index is 12.8. The summed E-state index contributed by atoms with van der Waals surface area (Å²) in [5.74, 6) is -6.70. The van der Waals surface area contributed by atoms with Gasteiger partial charge in [-0.05, 0) is 11.5 Å². The fraction of sp³-hybridized carbons (Fsp3) is 0.450. The number of amides is 2. The van der Waals surface area contributed by atoms with Crippen molar-refractivity contribution in [1.29, 1.82) is 0 Å². The number of benzene rings is 1. The summed E-state index contributed by atoms with van der Waals surface area (Å²) < 4.78 is 0. The van der Waals surface area contributed by atoms with Gasteiger partial charge in [-0.2, -0.15) is 0 Å². The molecule has 3 atom stereocenters. The van der Waals surface area contributed by atoms with E-state index in [4.69, 9.17) is 5.73 Å². The molecular formula is C20H28N4O8. The Labute approximate surface area is 184 Å². The molecule has 1 aromatic rings. The van der Waals surface area contributed by atoms with Crippen molar-refractivity contribution in [3.05, 3.63) is 35.9 Å². The quantitative estimate of drug-likeness (QED) is 0.203. The van der Waals surface area contributed by atoms with Crippen LogP contribution >= 0.6 is 0 Å². The molecule has 0 fully saturated rings. The summed E-state index contributed by atoms with van der Waals surface area (Å²) in [6, 6.07) is 3.98. The highest BCUT2D eigenvalue weighted by molar-refractivity contribution is 5.90. The Balaban J connectivity index is 3.15. The zero-order chi connectivity index (χ0) is 24.4. The van der Waals surface area contributed by atoms with Gasteiger partial charge in [0.1, 0.15) is 18.1 Å². The second-order valence-electron chi connectivity index (χ2n) is 7.36. The number of carbonyl (C=O) groups is 5. The van der Waals surface area contributed by atoms with Gasteiger partial charge >= 0.3 is 17.9 Å². The molecule has 1 rings (SSSR count). The Morgan fingerprint density at radius 1 is 0.969 bits per heavy atom. The highest BCUT2D eigenvalue weighted by Crippen LogP contribution is 2.12. The fourth-order valence-electron chi connectivity index (χ4n) is 2.96. The molecule has 176 valence electrons. The number of carbonyl (C=O) groups excluding carboxylic acids is 2. The van der Waals surface area contributed by atoms with E-state index in [1.807, 2.05) is 0 Å². The summed E-state index contributed by atoms with van der Waals surface area (Å²) in [6.45, 7) is 2.43. The molecule has 0 aliphatic heterocycles. The topological polar surface area (TPSA) is 199 Å². The minimum absolute atomic E-state index is 0.0725. The summed E-state index contributed by atoms with van der Waals surface area (Å²) in [5.41, 5.74) is 8.31. The van der Waals surface area contributed by atoms with Crippen LogP contribution in [0.15, 0.2) is 30.3 Å². The van der Waals surface area contributed by atoms with Gasteiger partial charge in [-0.15, -0.1) is 0 Å². The second-order valence-corrected chi connectivity index (χ2v) is 7.36. The number of hydrazine groups is 1. The van der Waals surface area contributed by atoms with Gasteiger partial charge in [0.05, 0.1) is 13.0 Å². The third kappa shape index (κ3) is 7.96. The Morgan fingerprint density at radius 2 is 1.56 bits per heavy atom. The summed E-state index contributed by atoms with van der Waals surface area (Å²) >= 11 is 0. The SMILES string of the molecule is CC(C)[C@@H](C(=O)O)N(N[C@@H](CC(=O)O)C(=O)N[C@@H](Cc1ccccc1)C(=O)O)C(=O)CN. The minimum Gasteiger partial charge on any atom is -0.481 e. The first kappa shape index (κ1) is 26.5. The highest BCUT2D eigenvalue weighted by Gasteiger charge is 2.36. The third-order valence-corrected chi connectivity index (χ3v) is 4.49. The molecule has 0 aromatic heterocycles. The van der Waals surface area contributed by atoms with Crippen LogP contribution in [0.5, 0.6) is 0 Å². The summed E-state index contributed by atoms with van der Waals surface area (Å²) in [6.07, 6.45) is -0.917. The van der Waals surface area contributed by atoms with Crippen molar-refractivity contribution < 1.29 is 39.3 Å². The smallest absolute Gasteiger partial charge is 0.328 e. The molecule has 0 saturated carbocycles. The van der Waals surface area contributed by atoms with Gasteiger partial charge in [-0.1, -0.05) is 44.2 Å². The van der Waals surface area contributed by atoms with Crippen molar-refractivity contribution >= 4 is 29.7 Å². The van der Waals surface area contributed by atoms with Gasteiger partial charge in [-0.3, -0.25) is 19.4 Å². The molecule has 0 aliphatic carbocycles. The van der Waals surface area contributed by atoms with Gasteiger partial charge < -0.3 is 26.4 Å². The van der Waals surface area contributed by atoms with Gasteiger partial charge in [0.25, 0.3) is 5.91 Å². The standard InChI is InChI=1S/C20H28N4O8/c1-11(2)17(20(31)32)24(15(25)10-21)23-13(9-16(26)27)18(28)22-14(19(29)30)8-12-6-4-3-5-7-12/h3-7,11,13-14,17,23H,8-10,21H2,1-2H3,(H,22,28)(H,26,27)(H,29,30)(H,31,32)/t13-,14-,17-/m0/s1. The van der Waals surface area contributed by atoms with Crippen molar-refractivity contribution in [2.24, 2.45) is 11.7 Å². The number of hydrogen-bond acceptors (Lipinski definition) is 7. The molecule has 0 unspecified atom stereocenters. The van der Waals surface area contributed by atoms with E-state index in [9.17, 15) is 39.3 Å². The Kier molecular flexibility index (Phi) is 10.3. The predicted octanol–water partition coefficient (Wildman–Crippen LogP) is -0.957. The molecular weight excluding hydrogens is 424 g/mol. The molecule has 0 spiro atoms. The molecule has 0 radical (unpaired) electrons. The van der Waals surface area contributed by atoms with Crippen LogP contribution in [0, 0.1) is 5.92 Å². The summed E-state index contributed by atoms with van der Waals surface area (Å²) in [4.78, 5) is 59.7. The third-order valence-electron chi connectivity index (χ3n) is 4.49. The molecule has 0 heterocycles. The molecule has 0 saturated heterocycles. The van der Waals surface area contributed by atoms with Crippen molar-refractivity contribution in [2.45, 2.75) is 44.8 Å². The first-order valence-electron chi connectivity index (χ1n) is 9.77. The number of carboxylic acids is 3. The normalized spacial score (nSPS) is 13.6. The Bertz CT molecular complexity index is 830. The Hall–Kier alpha value is -3.51. The van der Waals surface area contributed by atoms with Crippen LogP contribution < -0.4 is 16.5 Å². The second kappa shape index (κ2) is 12.4. The molecule has 12 heteroatoms. The largest absolute Gasteiger partial charge is 0.481 e. The summed E-state index contributed by atoms with van der Waals surface area (Å²) in [5, 5.41) is 31.0. The van der Waals surface area contributed by atoms with E-state index < -0.39 is 66.7 Å². The lowest BCUT2D eigenvalue weighted by molar-refractivity contribution is -0.157. The van der Waals surface area contributed by atoms with E-state index in [0.29, 0.717) is 10.6 Å². The van der Waals surface area contributed by atoms with Gasteiger partial charge in [-0.25, -0.2) is 15.0 Å². The van der Waals surface area contributed by atoms with E-state index in [1.54, 1.807) is 30.3 Å². The van der Waals surface area contributed by atoms with E-state index >= 15 is 0 Å². The van der Waals surface area contributed by atoms with Crippen LogP contribution in [0.1, 0.15) is 25.8 Å². The lowest BCUT2D eigenvalue weighted by Gasteiger charge is -2.34. The molecule has 0 bridgehead atoms. The van der Waals surface area contributed by atoms with E-state index in [2.05, 4.69) is 10.7 Å². The van der Waals surface area contributed by atoms with Crippen molar-refractivity contribution in [3.63, 3.8) is 0 Å². The van der Waals surface area contributed by atoms with Gasteiger partial charge in [0.15, 0.2) is 0 Å². The lowest BCUT2D eigenvalue weighted by atomic mass is 10.0. The number of carboxylic acid groups (broad SMARTS) is 3. The van der Waals surface area contributed by atoms with Crippen molar-refractivity contribution in [3.8, 4) is 0 Å². The molecule has 32 heavy (non-hydrogen) atoms. The molecule has 0 aliphatic rings. The van der Waals surface area contributed by atoms with Crippen LogP contribution in [0.4, 0.5) is 0 Å². The van der Waals surface area contributed by atoms with Crippen LogP contribution in [-0.2, 0) is 30.4 Å². The monoisotopic (exact) mass is 452 g/mol. The fourth-order valence-corrected chi connectivity index (χ4v) is 2.96. The van der Waals surface area contributed by atoms with Gasteiger partial charge in [0.2, 0.25) is 5.91 Å². The highest BCUT2D eigenvalue weighted by atomic mass is 16.4. The zero-order valence-electron chi connectivity index (χ0n) is 17.7. The molecule has 7 N–H and O–H groups in total. The van der Waals surface area contributed by atoms with Crippen LogP contribution in [0.3, 0.4) is 0 Å². The number of aliphatic carboxylic acids is 3. The first-order valence-corrected chi connectivity index (χ1v) is 9.77. The van der Waals surface area contributed by atoms with Gasteiger partial charge in [0, 0.05) is 6.42 Å². The van der Waals surface area contributed by atoms with Crippen molar-refractivity contribution in [1.82, 2.24) is 15.8 Å². The van der Waals surface area contributed by atoms with E-state index in [1.165, 1.54) is 13.8 Å². The predicted molar refractivity (Wildman–Crippen MR) is 111 cm³/mol. The Morgan fingerprint density at radius 3 is 2.00 bits per heavy atom.